The van der Waals surface area contributed by atoms with E-state index in [0.717, 1.165) is 16.7 Å². The molecule has 0 fully saturated rings. The van der Waals surface area contributed by atoms with Crippen molar-refractivity contribution in [2.45, 2.75) is 40.7 Å². The minimum atomic E-state index is -0.901. The lowest BCUT2D eigenvalue weighted by Gasteiger charge is -2.15. The van der Waals surface area contributed by atoms with Crippen LogP contribution in [0.3, 0.4) is 0 Å². The summed E-state index contributed by atoms with van der Waals surface area (Å²) in [5, 5.41) is 0. The van der Waals surface area contributed by atoms with E-state index in [2.05, 4.69) is 0 Å². The molecule has 0 unspecified atom stereocenters. The zero-order valence-electron chi connectivity index (χ0n) is 16.3. The lowest BCUT2D eigenvalue weighted by atomic mass is 9.96. The van der Waals surface area contributed by atoms with Gasteiger partial charge in [0.2, 0.25) is 5.78 Å². The SMILES string of the molecule is CC(=O)c1ccc(OCC(=O)O[C@@H](C)C(=O)c2cc(C)c(C)cc2C)cc1. The molecule has 0 saturated carbocycles. The largest absolute Gasteiger partial charge is 0.482 e. The molecule has 0 radical (unpaired) electrons. The van der Waals surface area contributed by atoms with E-state index in [1.54, 1.807) is 31.2 Å². The van der Waals surface area contributed by atoms with Crippen LogP contribution >= 0.6 is 0 Å². The summed E-state index contributed by atoms with van der Waals surface area (Å²) < 4.78 is 10.6. The van der Waals surface area contributed by atoms with E-state index >= 15 is 0 Å². The van der Waals surface area contributed by atoms with Gasteiger partial charge in [-0.05, 0) is 81.6 Å². The molecular formula is C22H24O5. The average Bonchev–Trinajstić information content (AvgIpc) is 2.62. The normalized spacial score (nSPS) is 11.6. The van der Waals surface area contributed by atoms with E-state index in [1.165, 1.54) is 6.92 Å². The van der Waals surface area contributed by atoms with Crippen LogP contribution in [0.2, 0.25) is 0 Å². The Kier molecular flexibility index (Phi) is 6.50. The number of ketones is 2. The van der Waals surface area contributed by atoms with Gasteiger partial charge in [-0.15, -0.1) is 0 Å². The van der Waals surface area contributed by atoms with E-state index < -0.39 is 12.1 Å². The molecule has 0 bridgehead atoms. The highest BCUT2D eigenvalue weighted by molar-refractivity contribution is 6.01. The molecule has 0 aliphatic carbocycles. The molecular weight excluding hydrogens is 344 g/mol. The third-order valence-electron chi connectivity index (χ3n) is 4.40. The first-order valence-corrected chi connectivity index (χ1v) is 8.74. The van der Waals surface area contributed by atoms with Gasteiger partial charge in [0.05, 0.1) is 0 Å². The Balaban J connectivity index is 1.94. The summed E-state index contributed by atoms with van der Waals surface area (Å²) in [5.41, 5.74) is 4.09. The van der Waals surface area contributed by atoms with Crippen molar-refractivity contribution in [2.24, 2.45) is 0 Å². The van der Waals surface area contributed by atoms with Crippen molar-refractivity contribution in [1.82, 2.24) is 0 Å². The number of hydrogen-bond acceptors (Lipinski definition) is 5. The minimum Gasteiger partial charge on any atom is -0.482 e. The highest BCUT2D eigenvalue weighted by Crippen LogP contribution is 2.18. The molecule has 0 aliphatic rings. The van der Waals surface area contributed by atoms with Gasteiger partial charge in [0.25, 0.3) is 0 Å². The Morgan fingerprint density at radius 1 is 0.926 bits per heavy atom. The Morgan fingerprint density at radius 3 is 2.11 bits per heavy atom. The Bertz CT molecular complexity index is 865. The van der Waals surface area contributed by atoms with Crippen molar-refractivity contribution < 1.29 is 23.9 Å². The number of carbonyl (C=O) groups is 3. The standard InChI is InChI=1S/C22H24O5/c1-13-10-15(3)20(11-14(13)2)22(25)17(5)27-21(24)12-26-19-8-6-18(7-9-19)16(4)23/h6-11,17H,12H2,1-5H3/t17-/m0/s1. The zero-order valence-corrected chi connectivity index (χ0v) is 16.3. The topological polar surface area (TPSA) is 69.7 Å². The average molecular weight is 368 g/mol. The van der Waals surface area contributed by atoms with E-state index in [4.69, 9.17) is 9.47 Å². The maximum Gasteiger partial charge on any atom is 0.344 e. The third-order valence-corrected chi connectivity index (χ3v) is 4.40. The van der Waals surface area contributed by atoms with Crippen LogP contribution in [-0.4, -0.2) is 30.2 Å². The molecule has 0 amide bonds. The Labute approximate surface area is 159 Å². The lowest BCUT2D eigenvalue weighted by molar-refractivity contribution is -0.148. The quantitative estimate of drug-likeness (QED) is 0.546. The van der Waals surface area contributed by atoms with Crippen LogP contribution in [0.4, 0.5) is 0 Å². The number of benzene rings is 2. The van der Waals surface area contributed by atoms with Gasteiger partial charge in [-0.3, -0.25) is 9.59 Å². The van der Waals surface area contributed by atoms with Crippen LogP contribution < -0.4 is 4.74 Å². The molecule has 0 spiro atoms. The van der Waals surface area contributed by atoms with E-state index in [-0.39, 0.29) is 18.2 Å². The number of rotatable bonds is 7. The van der Waals surface area contributed by atoms with Crippen molar-refractivity contribution in [1.29, 1.82) is 0 Å². The molecule has 0 N–H and O–H groups in total. The Morgan fingerprint density at radius 2 is 1.52 bits per heavy atom. The van der Waals surface area contributed by atoms with Crippen molar-refractivity contribution in [2.75, 3.05) is 6.61 Å². The summed E-state index contributed by atoms with van der Waals surface area (Å²) >= 11 is 0. The van der Waals surface area contributed by atoms with Crippen molar-refractivity contribution >= 4 is 17.5 Å². The monoisotopic (exact) mass is 368 g/mol. The second-order valence-corrected chi connectivity index (χ2v) is 6.62. The molecule has 1 atom stereocenters. The fourth-order valence-electron chi connectivity index (χ4n) is 2.66. The summed E-state index contributed by atoms with van der Waals surface area (Å²) in [6, 6.07) is 10.2. The number of hydrogen-bond donors (Lipinski definition) is 0. The predicted octanol–water partition coefficient (Wildman–Crippen LogP) is 4.01. The molecule has 0 heterocycles. The molecule has 5 nitrogen and oxygen atoms in total. The molecule has 5 heteroatoms. The summed E-state index contributed by atoms with van der Waals surface area (Å²) in [6.07, 6.45) is -0.901. The first-order valence-electron chi connectivity index (χ1n) is 8.74. The van der Waals surface area contributed by atoms with E-state index in [0.29, 0.717) is 16.9 Å². The second-order valence-electron chi connectivity index (χ2n) is 6.62. The molecule has 2 rings (SSSR count). The zero-order chi connectivity index (χ0) is 20.1. The van der Waals surface area contributed by atoms with Gasteiger partial charge in [0.15, 0.2) is 18.5 Å². The van der Waals surface area contributed by atoms with Crippen molar-refractivity contribution in [3.8, 4) is 5.75 Å². The van der Waals surface area contributed by atoms with E-state index in [1.807, 2.05) is 32.9 Å². The lowest BCUT2D eigenvalue weighted by Crippen LogP contribution is -2.27. The number of esters is 1. The van der Waals surface area contributed by atoms with E-state index in [9.17, 15) is 14.4 Å². The van der Waals surface area contributed by atoms with Crippen LogP contribution in [0.25, 0.3) is 0 Å². The van der Waals surface area contributed by atoms with Crippen LogP contribution in [0, 0.1) is 20.8 Å². The van der Waals surface area contributed by atoms with Gasteiger partial charge in [0.1, 0.15) is 5.75 Å². The molecule has 0 aromatic heterocycles. The molecule has 0 saturated heterocycles. The first-order chi connectivity index (χ1) is 12.7. The fourth-order valence-corrected chi connectivity index (χ4v) is 2.66. The third kappa shape index (κ3) is 5.26. The minimum absolute atomic E-state index is 0.0464. The fraction of sp³-hybridized carbons (Fsp3) is 0.318. The van der Waals surface area contributed by atoms with Crippen LogP contribution in [0.15, 0.2) is 36.4 Å². The van der Waals surface area contributed by atoms with Gasteiger partial charge in [-0.25, -0.2) is 4.79 Å². The molecule has 2 aromatic carbocycles. The van der Waals surface area contributed by atoms with Crippen LogP contribution in [0.1, 0.15) is 51.3 Å². The first kappa shape index (κ1) is 20.4. The maximum atomic E-state index is 12.6. The maximum absolute atomic E-state index is 12.6. The number of ether oxygens (including phenoxy) is 2. The predicted molar refractivity (Wildman–Crippen MR) is 102 cm³/mol. The number of aryl methyl sites for hydroxylation is 3. The summed E-state index contributed by atoms with van der Waals surface area (Å²) in [7, 11) is 0. The van der Waals surface area contributed by atoms with Gasteiger partial charge in [-0.2, -0.15) is 0 Å². The smallest absolute Gasteiger partial charge is 0.344 e. The van der Waals surface area contributed by atoms with Gasteiger partial charge >= 0.3 is 5.97 Å². The highest BCUT2D eigenvalue weighted by atomic mass is 16.6. The Hall–Kier alpha value is -2.95. The molecule has 27 heavy (non-hydrogen) atoms. The van der Waals surface area contributed by atoms with Crippen molar-refractivity contribution in [3.05, 3.63) is 64.2 Å². The van der Waals surface area contributed by atoms with Gasteiger partial charge in [0, 0.05) is 11.1 Å². The molecule has 142 valence electrons. The van der Waals surface area contributed by atoms with Gasteiger partial charge in [-0.1, -0.05) is 6.07 Å². The summed E-state index contributed by atoms with van der Waals surface area (Å²) in [4.78, 5) is 35.8. The summed E-state index contributed by atoms with van der Waals surface area (Å²) in [6.45, 7) is 8.50. The molecule has 2 aromatic rings. The number of Topliss-reactive ketones (excluding diaryl/α,β-unsaturated/α-hetero) is 2. The van der Waals surface area contributed by atoms with Gasteiger partial charge < -0.3 is 9.47 Å². The number of carbonyl (C=O) groups excluding carboxylic acids is 3. The highest BCUT2D eigenvalue weighted by Gasteiger charge is 2.22. The van der Waals surface area contributed by atoms with Crippen molar-refractivity contribution in [3.63, 3.8) is 0 Å². The van der Waals surface area contributed by atoms with Crippen LogP contribution in [0.5, 0.6) is 5.75 Å². The second kappa shape index (κ2) is 8.62. The summed E-state index contributed by atoms with van der Waals surface area (Å²) in [5.74, 6) is -0.474. The van der Waals surface area contributed by atoms with Crippen LogP contribution in [-0.2, 0) is 9.53 Å². The molecule has 0 aliphatic heterocycles.